The highest BCUT2D eigenvalue weighted by Crippen LogP contribution is 2.35. The summed E-state index contributed by atoms with van der Waals surface area (Å²) in [6.07, 6.45) is 5.60. The highest BCUT2D eigenvalue weighted by Gasteiger charge is 2.15. The lowest BCUT2D eigenvalue weighted by Crippen LogP contribution is -2.02. The van der Waals surface area contributed by atoms with Gasteiger partial charge in [-0.1, -0.05) is 30.3 Å². The first-order chi connectivity index (χ1) is 15.8. The second-order valence-corrected chi connectivity index (χ2v) is 7.66. The van der Waals surface area contributed by atoms with E-state index < -0.39 is 0 Å². The van der Waals surface area contributed by atoms with Crippen molar-refractivity contribution in [3.05, 3.63) is 97.0 Å². The Morgan fingerprint density at radius 1 is 0.875 bits per heavy atom. The van der Waals surface area contributed by atoms with Crippen LogP contribution in [0.2, 0.25) is 0 Å². The number of rotatable bonds is 5. The van der Waals surface area contributed by atoms with Gasteiger partial charge in [0.15, 0.2) is 11.5 Å². The molecule has 6 nitrogen and oxygen atoms in total. The molecule has 156 valence electrons. The molecule has 2 aromatic carbocycles. The van der Waals surface area contributed by atoms with Crippen molar-refractivity contribution >= 4 is 22.4 Å². The maximum absolute atomic E-state index is 5.49. The molecule has 1 N–H and O–H groups in total. The molecule has 3 aromatic heterocycles. The van der Waals surface area contributed by atoms with Crippen LogP contribution in [0, 0.1) is 0 Å². The summed E-state index contributed by atoms with van der Waals surface area (Å²) in [4.78, 5) is 8.96. The molecule has 0 atom stereocenters. The standard InChI is InChI=1S/C26H20N4O2/c1-2-5-18(6-3-1)16-30-22(19-7-4-10-27-14-19)11-20-15-28-26(13-23(20)30)29-21-8-9-24-25(12-21)32-17-31-24/h1-15H,16-17H2,(H,28,29). The van der Waals surface area contributed by atoms with Crippen molar-refractivity contribution in [3.8, 4) is 22.8 Å². The quantitative estimate of drug-likeness (QED) is 0.400. The van der Waals surface area contributed by atoms with Gasteiger partial charge in [0.1, 0.15) is 5.82 Å². The fraction of sp³-hybridized carbons (Fsp3) is 0.0769. The Kier molecular flexibility index (Phi) is 4.46. The molecule has 1 aliphatic heterocycles. The van der Waals surface area contributed by atoms with Crippen LogP contribution < -0.4 is 14.8 Å². The van der Waals surface area contributed by atoms with E-state index >= 15 is 0 Å². The van der Waals surface area contributed by atoms with Crippen LogP contribution in [-0.4, -0.2) is 21.3 Å². The van der Waals surface area contributed by atoms with Gasteiger partial charge in [0, 0.05) is 53.9 Å². The molecule has 0 unspecified atom stereocenters. The maximum atomic E-state index is 5.49. The fourth-order valence-electron chi connectivity index (χ4n) is 4.04. The van der Waals surface area contributed by atoms with Crippen molar-refractivity contribution in [1.82, 2.24) is 14.5 Å². The molecular weight excluding hydrogens is 400 g/mol. The van der Waals surface area contributed by atoms with Crippen LogP contribution in [-0.2, 0) is 6.54 Å². The Balaban J connectivity index is 1.42. The van der Waals surface area contributed by atoms with E-state index in [-0.39, 0.29) is 6.79 Å². The minimum atomic E-state index is 0.257. The van der Waals surface area contributed by atoms with Crippen LogP contribution in [0.5, 0.6) is 11.5 Å². The summed E-state index contributed by atoms with van der Waals surface area (Å²) in [5.74, 6) is 2.26. The maximum Gasteiger partial charge on any atom is 0.231 e. The lowest BCUT2D eigenvalue weighted by molar-refractivity contribution is 0.174. The van der Waals surface area contributed by atoms with E-state index in [1.165, 1.54) is 5.56 Å². The van der Waals surface area contributed by atoms with E-state index in [4.69, 9.17) is 9.47 Å². The molecule has 32 heavy (non-hydrogen) atoms. The number of nitrogens with zero attached hydrogens (tertiary/aromatic N) is 3. The van der Waals surface area contributed by atoms with Gasteiger partial charge in [-0.25, -0.2) is 4.98 Å². The Bertz CT molecular complexity index is 1400. The molecule has 0 radical (unpaired) electrons. The zero-order valence-electron chi connectivity index (χ0n) is 17.2. The van der Waals surface area contributed by atoms with Crippen LogP contribution in [0.25, 0.3) is 22.2 Å². The molecule has 1 aliphatic rings. The SMILES string of the molecule is c1ccc(Cn2c(-c3cccnc3)cc3cnc(Nc4ccc5c(c4)OCO5)cc32)cc1. The third-order valence-corrected chi connectivity index (χ3v) is 5.57. The Labute approximate surface area is 185 Å². The molecule has 6 rings (SSSR count). The van der Waals surface area contributed by atoms with Gasteiger partial charge in [0.2, 0.25) is 6.79 Å². The van der Waals surface area contributed by atoms with E-state index in [1.807, 2.05) is 42.7 Å². The molecule has 6 heteroatoms. The van der Waals surface area contributed by atoms with Gasteiger partial charge >= 0.3 is 0 Å². The van der Waals surface area contributed by atoms with E-state index in [0.717, 1.165) is 51.7 Å². The van der Waals surface area contributed by atoms with Gasteiger partial charge in [0.25, 0.3) is 0 Å². The Hall–Kier alpha value is -4.32. The van der Waals surface area contributed by atoms with Crippen LogP contribution in [0.15, 0.2) is 91.4 Å². The summed E-state index contributed by atoms with van der Waals surface area (Å²) < 4.78 is 13.2. The first kappa shape index (κ1) is 18.4. The number of fused-ring (bicyclic) bond motifs is 2. The third-order valence-electron chi connectivity index (χ3n) is 5.57. The molecule has 0 fully saturated rings. The molecule has 0 saturated carbocycles. The number of pyridine rings is 2. The Morgan fingerprint density at radius 2 is 1.78 bits per heavy atom. The monoisotopic (exact) mass is 420 g/mol. The second kappa shape index (κ2) is 7.74. The minimum Gasteiger partial charge on any atom is -0.454 e. The molecule has 0 amide bonds. The Morgan fingerprint density at radius 3 is 2.66 bits per heavy atom. The smallest absolute Gasteiger partial charge is 0.231 e. The van der Waals surface area contributed by atoms with Crippen LogP contribution in [0.4, 0.5) is 11.5 Å². The topological polar surface area (TPSA) is 61.2 Å². The fourth-order valence-corrected chi connectivity index (χ4v) is 4.04. The first-order valence-corrected chi connectivity index (χ1v) is 10.4. The number of hydrogen-bond donors (Lipinski definition) is 1. The molecule has 0 spiro atoms. The molecule has 0 bridgehead atoms. The van der Waals surface area contributed by atoms with Gasteiger partial charge in [0.05, 0.1) is 11.2 Å². The van der Waals surface area contributed by atoms with Crippen molar-refractivity contribution in [3.63, 3.8) is 0 Å². The number of ether oxygens (including phenoxy) is 2. The number of hydrogen-bond acceptors (Lipinski definition) is 5. The zero-order valence-corrected chi connectivity index (χ0v) is 17.2. The van der Waals surface area contributed by atoms with E-state index in [9.17, 15) is 0 Å². The third kappa shape index (κ3) is 3.41. The minimum absolute atomic E-state index is 0.257. The van der Waals surface area contributed by atoms with Gasteiger partial charge in [-0.05, 0) is 35.9 Å². The van der Waals surface area contributed by atoms with Crippen LogP contribution in [0.3, 0.4) is 0 Å². The molecular formula is C26H20N4O2. The van der Waals surface area contributed by atoms with Gasteiger partial charge in [-0.3, -0.25) is 4.98 Å². The van der Waals surface area contributed by atoms with E-state index in [1.54, 1.807) is 6.20 Å². The van der Waals surface area contributed by atoms with Gasteiger partial charge < -0.3 is 19.4 Å². The first-order valence-electron chi connectivity index (χ1n) is 10.4. The predicted molar refractivity (Wildman–Crippen MR) is 124 cm³/mol. The van der Waals surface area contributed by atoms with Crippen molar-refractivity contribution in [1.29, 1.82) is 0 Å². The zero-order chi connectivity index (χ0) is 21.3. The predicted octanol–water partition coefficient (Wildman–Crippen LogP) is 5.62. The van der Waals surface area contributed by atoms with Crippen molar-refractivity contribution < 1.29 is 9.47 Å². The average Bonchev–Trinajstić information content (AvgIpc) is 3.45. The number of nitrogens with one attached hydrogen (secondary N) is 1. The molecule has 0 saturated heterocycles. The van der Waals surface area contributed by atoms with Crippen molar-refractivity contribution in [2.45, 2.75) is 6.54 Å². The summed E-state index contributed by atoms with van der Waals surface area (Å²) in [7, 11) is 0. The molecule has 0 aliphatic carbocycles. The highest BCUT2D eigenvalue weighted by atomic mass is 16.7. The van der Waals surface area contributed by atoms with Crippen molar-refractivity contribution in [2.24, 2.45) is 0 Å². The van der Waals surface area contributed by atoms with Crippen molar-refractivity contribution in [2.75, 3.05) is 12.1 Å². The van der Waals surface area contributed by atoms with Gasteiger partial charge in [-0.15, -0.1) is 0 Å². The lowest BCUT2D eigenvalue weighted by atomic mass is 10.2. The highest BCUT2D eigenvalue weighted by molar-refractivity contribution is 5.88. The molecule has 5 aromatic rings. The summed E-state index contributed by atoms with van der Waals surface area (Å²) in [6, 6.07) is 24.6. The van der Waals surface area contributed by atoms with Gasteiger partial charge in [-0.2, -0.15) is 0 Å². The van der Waals surface area contributed by atoms with E-state index in [2.05, 4.69) is 62.3 Å². The molecule has 4 heterocycles. The lowest BCUT2D eigenvalue weighted by Gasteiger charge is -2.12. The van der Waals surface area contributed by atoms with E-state index in [0.29, 0.717) is 0 Å². The summed E-state index contributed by atoms with van der Waals surface area (Å²) in [5.41, 5.74) is 5.42. The average molecular weight is 420 g/mol. The van der Waals surface area contributed by atoms with Crippen LogP contribution in [0.1, 0.15) is 5.56 Å². The summed E-state index contributed by atoms with van der Waals surface area (Å²) >= 11 is 0. The number of benzene rings is 2. The normalized spacial score (nSPS) is 12.2. The van der Waals surface area contributed by atoms with Crippen LogP contribution >= 0.6 is 0 Å². The number of anilines is 2. The summed E-state index contributed by atoms with van der Waals surface area (Å²) in [6.45, 7) is 1.01. The second-order valence-electron chi connectivity index (χ2n) is 7.66. The summed E-state index contributed by atoms with van der Waals surface area (Å²) in [5, 5.41) is 4.47. The largest absolute Gasteiger partial charge is 0.454 e. The number of aromatic nitrogens is 3.